The number of halogens is 1. The number of carbonyl (C=O) groups is 2. The highest BCUT2D eigenvalue weighted by atomic mass is 19.1. The molecule has 0 saturated carbocycles. The summed E-state index contributed by atoms with van der Waals surface area (Å²) in [5.41, 5.74) is 2.40. The van der Waals surface area contributed by atoms with Crippen molar-refractivity contribution >= 4 is 17.7 Å². The Morgan fingerprint density at radius 1 is 1.08 bits per heavy atom. The van der Waals surface area contributed by atoms with Gasteiger partial charge in [-0.3, -0.25) is 14.4 Å². The van der Waals surface area contributed by atoms with Crippen LogP contribution in [-0.2, 0) is 11.8 Å². The van der Waals surface area contributed by atoms with E-state index in [2.05, 4.69) is 15.3 Å². The summed E-state index contributed by atoms with van der Waals surface area (Å²) in [5.74, 6) is -0.210. The minimum atomic E-state index is -0.468. The van der Waals surface area contributed by atoms with Crippen molar-refractivity contribution < 1.29 is 23.5 Å². The molecule has 0 unspecified atom stereocenters. The van der Waals surface area contributed by atoms with E-state index < -0.39 is 11.7 Å². The normalized spacial score (nSPS) is 13.9. The zero-order valence-corrected chi connectivity index (χ0v) is 20.4. The molecule has 1 aromatic heterocycles. The molecular weight excluding hydrogens is 465 g/mol. The topological polar surface area (TPSA) is 88.9 Å². The predicted molar refractivity (Wildman–Crippen MR) is 134 cm³/mol. The maximum Gasteiger partial charge on any atom is 0.409 e. The quantitative estimate of drug-likeness (QED) is 0.514. The van der Waals surface area contributed by atoms with Gasteiger partial charge in [-0.1, -0.05) is 6.07 Å². The van der Waals surface area contributed by atoms with Gasteiger partial charge in [-0.05, 0) is 49.4 Å². The molecule has 4 rings (SSSR count). The monoisotopic (exact) mass is 495 g/mol. The van der Waals surface area contributed by atoms with Crippen LogP contribution in [0.4, 0.5) is 14.9 Å². The summed E-state index contributed by atoms with van der Waals surface area (Å²) in [6.45, 7) is 6.09. The Hall–Kier alpha value is -3.92. The van der Waals surface area contributed by atoms with E-state index in [9.17, 15) is 14.0 Å². The minimum absolute atomic E-state index is 0.237. The third-order valence-corrected chi connectivity index (χ3v) is 5.98. The number of hydrogen-bond donors (Lipinski definition) is 1. The SMILES string of the molecule is CCOC(=O)N1CCN(CCOc2ccc(NC(=O)c3cccc(F)c3)cc2-c2ccnn2C)CC1. The molecule has 36 heavy (non-hydrogen) atoms. The fourth-order valence-electron chi connectivity index (χ4n) is 4.06. The average Bonchev–Trinajstić information content (AvgIpc) is 3.31. The van der Waals surface area contributed by atoms with Gasteiger partial charge < -0.3 is 19.7 Å². The molecule has 0 radical (unpaired) electrons. The van der Waals surface area contributed by atoms with E-state index >= 15 is 0 Å². The highest BCUT2D eigenvalue weighted by Gasteiger charge is 2.22. The number of benzene rings is 2. The molecule has 3 aromatic rings. The Labute approximate surface area is 209 Å². The summed E-state index contributed by atoms with van der Waals surface area (Å²) in [7, 11) is 1.83. The highest BCUT2D eigenvalue weighted by molar-refractivity contribution is 6.04. The summed E-state index contributed by atoms with van der Waals surface area (Å²) in [5, 5.41) is 7.07. The number of nitrogens with zero attached hydrogens (tertiary/aromatic N) is 4. The molecule has 1 N–H and O–H groups in total. The molecule has 1 aliphatic heterocycles. The molecular formula is C26H30FN5O4. The molecule has 2 amide bonds. The average molecular weight is 496 g/mol. The molecule has 2 heterocycles. The minimum Gasteiger partial charge on any atom is -0.492 e. The maximum atomic E-state index is 13.5. The van der Waals surface area contributed by atoms with Crippen LogP contribution < -0.4 is 10.1 Å². The third kappa shape index (κ3) is 6.19. The van der Waals surface area contributed by atoms with Crippen molar-refractivity contribution in [3.8, 4) is 17.0 Å². The van der Waals surface area contributed by atoms with Crippen LogP contribution in [0, 0.1) is 5.82 Å². The lowest BCUT2D eigenvalue weighted by Gasteiger charge is -2.33. The van der Waals surface area contributed by atoms with Gasteiger partial charge in [-0.25, -0.2) is 9.18 Å². The second-order valence-electron chi connectivity index (χ2n) is 8.39. The van der Waals surface area contributed by atoms with E-state index in [4.69, 9.17) is 9.47 Å². The van der Waals surface area contributed by atoms with Crippen LogP contribution in [0.25, 0.3) is 11.3 Å². The predicted octanol–water partition coefficient (Wildman–Crippen LogP) is 3.63. The van der Waals surface area contributed by atoms with E-state index in [1.165, 1.54) is 18.2 Å². The summed E-state index contributed by atoms with van der Waals surface area (Å²) < 4.78 is 26.5. The third-order valence-electron chi connectivity index (χ3n) is 5.98. The number of piperazine rings is 1. The van der Waals surface area contributed by atoms with Gasteiger partial charge in [0.15, 0.2) is 0 Å². The van der Waals surface area contributed by atoms with Gasteiger partial charge in [0.25, 0.3) is 5.91 Å². The van der Waals surface area contributed by atoms with Crippen LogP contribution in [0.15, 0.2) is 54.7 Å². The number of carbonyl (C=O) groups excluding carboxylic acids is 2. The number of aryl methyl sites for hydroxylation is 1. The van der Waals surface area contributed by atoms with Gasteiger partial charge in [-0.15, -0.1) is 0 Å². The fourth-order valence-corrected chi connectivity index (χ4v) is 4.06. The lowest BCUT2D eigenvalue weighted by molar-refractivity contribution is 0.0757. The van der Waals surface area contributed by atoms with Crippen LogP contribution in [-0.4, -0.2) is 77.5 Å². The summed E-state index contributed by atoms with van der Waals surface area (Å²) in [6, 6.07) is 12.8. The first-order valence-corrected chi connectivity index (χ1v) is 11.9. The number of aromatic nitrogens is 2. The molecule has 10 heteroatoms. The molecule has 0 aliphatic carbocycles. The van der Waals surface area contributed by atoms with Crippen LogP contribution in [0.5, 0.6) is 5.75 Å². The fraction of sp³-hybridized carbons (Fsp3) is 0.346. The molecule has 0 atom stereocenters. The molecule has 190 valence electrons. The molecule has 2 aromatic carbocycles. The first-order valence-electron chi connectivity index (χ1n) is 11.9. The second-order valence-corrected chi connectivity index (χ2v) is 8.39. The zero-order chi connectivity index (χ0) is 25.5. The second kappa shape index (κ2) is 11.7. The number of rotatable bonds is 8. The van der Waals surface area contributed by atoms with Crippen molar-refractivity contribution in [3.05, 3.63) is 66.1 Å². The van der Waals surface area contributed by atoms with E-state index in [-0.39, 0.29) is 11.7 Å². The van der Waals surface area contributed by atoms with Gasteiger partial charge in [0.05, 0.1) is 12.3 Å². The Bertz CT molecular complexity index is 1210. The van der Waals surface area contributed by atoms with Crippen molar-refractivity contribution in [2.45, 2.75) is 6.92 Å². The van der Waals surface area contributed by atoms with Crippen molar-refractivity contribution in [3.63, 3.8) is 0 Å². The molecule has 0 bridgehead atoms. The first-order chi connectivity index (χ1) is 17.4. The molecule has 1 fully saturated rings. The van der Waals surface area contributed by atoms with Gasteiger partial charge in [0.2, 0.25) is 0 Å². The number of amides is 2. The Morgan fingerprint density at radius 2 is 1.89 bits per heavy atom. The van der Waals surface area contributed by atoms with Crippen LogP contribution in [0.2, 0.25) is 0 Å². The highest BCUT2D eigenvalue weighted by Crippen LogP contribution is 2.32. The van der Waals surface area contributed by atoms with E-state index in [1.54, 1.807) is 34.8 Å². The van der Waals surface area contributed by atoms with Crippen LogP contribution in [0.1, 0.15) is 17.3 Å². The summed E-state index contributed by atoms with van der Waals surface area (Å²) >= 11 is 0. The van der Waals surface area contributed by atoms with E-state index in [1.807, 2.05) is 25.2 Å². The smallest absolute Gasteiger partial charge is 0.409 e. The largest absolute Gasteiger partial charge is 0.492 e. The Morgan fingerprint density at radius 3 is 2.58 bits per heavy atom. The van der Waals surface area contributed by atoms with Crippen LogP contribution in [0.3, 0.4) is 0 Å². The number of nitrogens with one attached hydrogen (secondary N) is 1. The molecule has 1 saturated heterocycles. The van der Waals surface area contributed by atoms with Crippen molar-refractivity contribution in [2.24, 2.45) is 7.05 Å². The number of hydrogen-bond acceptors (Lipinski definition) is 6. The van der Waals surface area contributed by atoms with Gasteiger partial charge in [0.1, 0.15) is 18.2 Å². The van der Waals surface area contributed by atoms with Crippen LogP contribution >= 0.6 is 0 Å². The molecule has 9 nitrogen and oxygen atoms in total. The van der Waals surface area contributed by atoms with Crippen molar-refractivity contribution in [2.75, 3.05) is 51.3 Å². The number of ether oxygens (including phenoxy) is 2. The number of anilines is 1. The van der Waals surface area contributed by atoms with E-state index in [0.29, 0.717) is 44.3 Å². The van der Waals surface area contributed by atoms with Crippen molar-refractivity contribution in [1.82, 2.24) is 19.6 Å². The van der Waals surface area contributed by atoms with Gasteiger partial charge in [-0.2, -0.15) is 5.10 Å². The molecule has 1 aliphatic rings. The summed E-state index contributed by atoms with van der Waals surface area (Å²) in [4.78, 5) is 28.4. The van der Waals surface area contributed by atoms with Crippen molar-refractivity contribution in [1.29, 1.82) is 0 Å². The zero-order valence-electron chi connectivity index (χ0n) is 20.4. The Balaban J connectivity index is 1.41. The van der Waals surface area contributed by atoms with Gasteiger partial charge in [0, 0.05) is 62.8 Å². The summed E-state index contributed by atoms with van der Waals surface area (Å²) in [6.07, 6.45) is 1.43. The first kappa shape index (κ1) is 25.2. The maximum absolute atomic E-state index is 13.5. The lowest BCUT2D eigenvalue weighted by Crippen LogP contribution is -2.49. The standard InChI is InChI=1S/C26H30FN5O4/c1-3-35-26(34)32-13-11-31(12-14-32)15-16-36-24-8-7-21(18-22(24)23-9-10-28-30(23)2)29-25(33)19-5-4-6-20(27)17-19/h4-10,17-18H,3,11-16H2,1-2H3,(H,29,33). The lowest BCUT2D eigenvalue weighted by atomic mass is 10.1. The van der Waals surface area contributed by atoms with Gasteiger partial charge >= 0.3 is 6.09 Å². The molecule has 0 spiro atoms. The Kier molecular flexibility index (Phi) is 8.17. The van der Waals surface area contributed by atoms with E-state index in [0.717, 1.165) is 24.3 Å².